The minimum absolute atomic E-state index is 0.00776. The fourth-order valence-electron chi connectivity index (χ4n) is 3.86. The number of aromatic nitrogens is 2. The number of fused-ring (bicyclic) bond motifs is 1. The molecule has 1 saturated heterocycles. The van der Waals surface area contributed by atoms with Crippen molar-refractivity contribution in [2.75, 3.05) is 24.2 Å². The van der Waals surface area contributed by atoms with E-state index in [2.05, 4.69) is 39.0 Å². The first kappa shape index (κ1) is 20.6. The Morgan fingerprint density at radius 3 is 2.97 bits per heavy atom. The van der Waals surface area contributed by atoms with Crippen molar-refractivity contribution in [1.82, 2.24) is 15.5 Å². The zero-order valence-electron chi connectivity index (χ0n) is 16.8. The normalized spacial score (nSPS) is 19.6. The largest absolute Gasteiger partial charge is 0.376 e. The van der Waals surface area contributed by atoms with E-state index in [4.69, 9.17) is 4.74 Å². The number of amides is 1. The molecule has 2 aliphatic rings. The smallest absolute Gasteiger partial charge is 0.230 e. The maximum Gasteiger partial charge on any atom is 0.230 e. The summed E-state index contributed by atoms with van der Waals surface area (Å²) in [5.74, 6) is 0.361. The van der Waals surface area contributed by atoms with Crippen LogP contribution in [0.3, 0.4) is 0 Å². The summed E-state index contributed by atoms with van der Waals surface area (Å²) >= 11 is 2.91. The van der Waals surface area contributed by atoms with Gasteiger partial charge in [-0.15, -0.1) is 10.2 Å². The molecule has 2 heterocycles. The maximum absolute atomic E-state index is 12.4. The van der Waals surface area contributed by atoms with Gasteiger partial charge in [0.15, 0.2) is 4.34 Å². The molecule has 2 N–H and O–H groups in total. The van der Waals surface area contributed by atoms with E-state index in [9.17, 15) is 4.79 Å². The van der Waals surface area contributed by atoms with Crippen molar-refractivity contribution in [3.8, 4) is 0 Å². The van der Waals surface area contributed by atoms with Gasteiger partial charge in [0.2, 0.25) is 11.0 Å². The molecule has 0 spiro atoms. The number of hydrogen-bond donors (Lipinski definition) is 2. The third-order valence-electron chi connectivity index (χ3n) is 5.49. The van der Waals surface area contributed by atoms with Crippen molar-refractivity contribution in [1.29, 1.82) is 0 Å². The Labute approximate surface area is 180 Å². The first-order valence-corrected chi connectivity index (χ1v) is 12.2. The highest BCUT2D eigenvalue weighted by molar-refractivity contribution is 8.01. The van der Waals surface area contributed by atoms with Crippen molar-refractivity contribution in [3.05, 3.63) is 34.9 Å². The van der Waals surface area contributed by atoms with E-state index >= 15 is 0 Å². The van der Waals surface area contributed by atoms with E-state index < -0.39 is 0 Å². The number of thioether (sulfide) groups is 1. The van der Waals surface area contributed by atoms with Crippen LogP contribution in [-0.2, 0) is 22.4 Å². The number of nitrogens with one attached hydrogen (secondary N) is 2. The van der Waals surface area contributed by atoms with Crippen LogP contribution in [0.25, 0.3) is 0 Å². The molecule has 8 heteroatoms. The molecule has 0 bridgehead atoms. The Hall–Kier alpha value is -1.64. The van der Waals surface area contributed by atoms with Gasteiger partial charge in [-0.05, 0) is 62.1 Å². The molecule has 1 aliphatic carbocycles. The van der Waals surface area contributed by atoms with Crippen molar-refractivity contribution in [2.45, 2.75) is 61.9 Å². The average molecular weight is 433 g/mol. The lowest BCUT2D eigenvalue weighted by Gasteiger charge is -2.20. The Morgan fingerprint density at radius 1 is 1.28 bits per heavy atom. The molecule has 4 rings (SSSR count). The van der Waals surface area contributed by atoms with Crippen molar-refractivity contribution >= 4 is 34.1 Å². The zero-order valence-corrected chi connectivity index (χ0v) is 18.4. The number of ether oxygens (including phenoxy) is 1. The summed E-state index contributed by atoms with van der Waals surface area (Å²) in [4.78, 5) is 12.4. The first-order chi connectivity index (χ1) is 14.2. The van der Waals surface area contributed by atoms with Crippen molar-refractivity contribution < 1.29 is 9.53 Å². The van der Waals surface area contributed by atoms with Gasteiger partial charge in [-0.2, -0.15) is 0 Å². The predicted octanol–water partition coefficient (Wildman–Crippen LogP) is 3.98. The van der Waals surface area contributed by atoms with Gasteiger partial charge in [-0.1, -0.05) is 41.3 Å². The zero-order chi connectivity index (χ0) is 20.1. The van der Waals surface area contributed by atoms with Crippen LogP contribution in [0.2, 0.25) is 0 Å². The van der Waals surface area contributed by atoms with Crippen LogP contribution in [0.1, 0.15) is 55.3 Å². The summed E-state index contributed by atoms with van der Waals surface area (Å²) in [6.45, 7) is 3.66. The molecule has 2 atom stereocenters. The van der Waals surface area contributed by atoms with Crippen LogP contribution >= 0.6 is 23.1 Å². The van der Waals surface area contributed by atoms with Crippen LogP contribution in [0, 0.1) is 0 Å². The number of anilines is 1. The van der Waals surface area contributed by atoms with Crippen LogP contribution in [0.4, 0.5) is 5.13 Å². The molecule has 156 valence electrons. The van der Waals surface area contributed by atoms with Crippen molar-refractivity contribution in [3.63, 3.8) is 0 Å². The monoisotopic (exact) mass is 432 g/mol. The Kier molecular flexibility index (Phi) is 7.05. The highest BCUT2D eigenvalue weighted by atomic mass is 32.2. The van der Waals surface area contributed by atoms with Crippen LogP contribution < -0.4 is 10.6 Å². The Morgan fingerprint density at radius 2 is 2.14 bits per heavy atom. The molecule has 0 saturated carbocycles. The van der Waals surface area contributed by atoms with Crippen LogP contribution in [0.5, 0.6) is 0 Å². The van der Waals surface area contributed by atoms with E-state index in [1.165, 1.54) is 59.1 Å². The molecular formula is C21H28N4O2S2. The summed E-state index contributed by atoms with van der Waals surface area (Å²) < 4.78 is 6.40. The predicted molar refractivity (Wildman–Crippen MR) is 118 cm³/mol. The molecule has 1 fully saturated rings. The average Bonchev–Trinajstić information content (AvgIpc) is 3.42. The quantitative estimate of drug-likeness (QED) is 0.615. The van der Waals surface area contributed by atoms with E-state index in [0.29, 0.717) is 5.75 Å². The third kappa shape index (κ3) is 5.71. The number of hydrogen-bond acceptors (Lipinski definition) is 7. The van der Waals surface area contributed by atoms with Gasteiger partial charge >= 0.3 is 0 Å². The van der Waals surface area contributed by atoms with Gasteiger partial charge in [-0.25, -0.2) is 0 Å². The van der Waals surface area contributed by atoms with Gasteiger partial charge < -0.3 is 15.4 Å². The minimum Gasteiger partial charge on any atom is -0.376 e. The summed E-state index contributed by atoms with van der Waals surface area (Å²) in [6, 6.07) is 6.66. The van der Waals surface area contributed by atoms with Gasteiger partial charge in [0.05, 0.1) is 17.9 Å². The topological polar surface area (TPSA) is 76.1 Å². The second-order valence-electron chi connectivity index (χ2n) is 7.70. The number of nitrogens with zero attached hydrogens (tertiary/aromatic N) is 2. The molecular weight excluding hydrogens is 404 g/mol. The van der Waals surface area contributed by atoms with Crippen LogP contribution in [-0.4, -0.2) is 41.1 Å². The molecule has 1 aromatic carbocycles. The molecule has 29 heavy (non-hydrogen) atoms. The molecule has 1 amide bonds. The van der Waals surface area contributed by atoms with Gasteiger partial charge in [0.1, 0.15) is 0 Å². The SMILES string of the molecule is CC(NC(=O)CSc1nnc(NCC2CCCO2)s1)c1ccc2c(c1)CCCC2. The molecule has 1 aromatic heterocycles. The maximum atomic E-state index is 12.4. The minimum atomic E-state index is 0.00776. The standard InChI is InChI=1S/C21H28N4O2S2/c1-14(16-9-8-15-5-2-3-6-17(15)11-16)23-19(26)13-28-21-25-24-20(29-21)22-12-18-7-4-10-27-18/h8-9,11,14,18H,2-7,10,12-13H2,1H3,(H,22,24)(H,23,26). The lowest BCUT2D eigenvalue weighted by atomic mass is 9.89. The fourth-order valence-corrected chi connectivity index (χ4v) is 5.43. The number of carbonyl (C=O) groups excluding carboxylic acids is 1. The van der Waals surface area contributed by atoms with E-state index in [-0.39, 0.29) is 18.1 Å². The van der Waals surface area contributed by atoms with Crippen molar-refractivity contribution in [2.24, 2.45) is 0 Å². The third-order valence-corrected chi connectivity index (χ3v) is 7.50. The second kappa shape index (κ2) is 9.91. The molecule has 2 aromatic rings. The fraction of sp³-hybridized carbons (Fsp3) is 0.571. The number of aryl methyl sites for hydroxylation is 2. The summed E-state index contributed by atoms with van der Waals surface area (Å²) in [5.41, 5.74) is 4.09. The number of rotatable bonds is 8. The lowest BCUT2D eigenvalue weighted by molar-refractivity contribution is -0.119. The summed E-state index contributed by atoms with van der Waals surface area (Å²) in [7, 11) is 0. The Balaban J connectivity index is 1.22. The summed E-state index contributed by atoms with van der Waals surface area (Å²) in [5, 5.41) is 15.5. The molecule has 6 nitrogen and oxygen atoms in total. The van der Waals surface area contributed by atoms with E-state index in [0.717, 1.165) is 41.9 Å². The van der Waals surface area contributed by atoms with Gasteiger partial charge in [0.25, 0.3) is 0 Å². The first-order valence-electron chi connectivity index (χ1n) is 10.4. The number of carbonyl (C=O) groups is 1. The molecule has 1 aliphatic heterocycles. The highest BCUT2D eigenvalue weighted by Crippen LogP contribution is 2.27. The van der Waals surface area contributed by atoms with Gasteiger partial charge in [0, 0.05) is 13.2 Å². The second-order valence-corrected chi connectivity index (χ2v) is 9.90. The van der Waals surface area contributed by atoms with Crippen LogP contribution in [0.15, 0.2) is 22.5 Å². The molecule has 0 radical (unpaired) electrons. The van der Waals surface area contributed by atoms with Gasteiger partial charge in [-0.3, -0.25) is 4.79 Å². The van der Waals surface area contributed by atoms with E-state index in [1.54, 1.807) is 0 Å². The Bertz CT molecular complexity index is 836. The highest BCUT2D eigenvalue weighted by Gasteiger charge is 2.17. The lowest BCUT2D eigenvalue weighted by Crippen LogP contribution is -2.28. The summed E-state index contributed by atoms with van der Waals surface area (Å²) in [6.07, 6.45) is 7.37. The molecule has 2 unspecified atom stereocenters. The number of benzene rings is 1. The van der Waals surface area contributed by atoms with E-state index in [1.807, 2.05) is 6.92 Å².